The average Bonchev–Trinajstić information content (AvgIpc) is 2.96. The zero-order valence-electron chi connectivity index (χ0n) is 22.3. The normalized spacial score (nSPS) is 11.8. The highest BCUT2D eigenvalue weighted by Gasteiger charge is 2.33. The van der Waals surface area contributed by atoms with Crippen molar-refractivity contribution in [2.45, 2.75) is 30.8 Å². The third-order valence-corrected chi connectivity index (χ3v) is 8.23. The van der Waals surface area contributed by atoms with E-state index in [1.807, 2.05) is 0 Å². The lowest BCUT2D eigenvalue weighted by Gasteiger charge is -2.33. The third-order valence-electron chi connectivity index (χ3n) is 6.19. The summed E-state index contributed by atoms with van der Waals surface area (Å²) in [6, 6.07) is 18.3. The summed E-state index contributed by atoms with van der Waals surface area (Å²) in [7, 11) is 0.341. The summed E-state index contributed by atoms with van der Waals surface area (Å²) in [6.07, 6.45) is 0.327. The molecule has 9 nitrogen and oxygen atoms in total. The number of hydrogen-bond donors (Lipinski definition) is 1. The first kappa shape index (κ1) is 29.8. The molecule has 3 rings (SSSR count). The molecule has 1 atom stereocenters. The van der Waals surface area contributed by atoms with E-state index in [1.54, 1.807) is 50.4 Å². The van der Waals surface area contributed by atoms with Crippen LogP contribution in [0.2, 0.25) is 5.02 Å². The molecule has 1 unspecified atom stereocenters. The number of likely N-dealkylation sites (N-methyl/N-ethyl adjacent to an activating group) is 1. The largest absolute Gasteiger partial charge is 0.497 e. The van der Waals surface area contributed by atoms with Gasteiger partial charge in [-0.2, -0.15) is 0 Å². The zero-order valence-corrected chi connectivity index (χ0v) is 23.8. The second-order valence-corrected chi connectivity index (χ2v) is 10.9. The quantitative estimate of drug-likeness (QED) is 0.350. The first-order valence-corrected chi connectivity index (χ1v) is 14.0. The van der Waals surface area contributed by atoms with Gasteiger partial charge in [-0.05, 0) is 72.6 Å². The van der Waals surface area contributed by atoms with Crippen LogP contribution in [-0.2, 0) is 26.2 Å². The molecule has 1 N–H and O–H groups in total. The Morgan fingerprint density at radius 1 is 0.897 bits per heavy atom. The van der Waals surface area contributed by atoms with Crippen molar-refractivity contribution in [3.8, 4) is 11.5 Å². The maximum absolute atomic E-state index is 13.9. The van der Waals surface area contributed by atoms with Crippen LogP contribution in [0.1, 0.15) is 18.9 Å². The molecular formula is C28H32ClN3O6S. The van der Waals surface area contributed by atoms with Crippen molar-refractivity contribution < 1.29 is 27.5 Å². The zero-order chi connectivity index (χ0) is 28.6. The number of halogens is 1. The number of sulfonamides is 1. The fourth-order valence-corrected chi connectivity index (χ4v) is 5.56. The lowest BCUT2D eigenvalue weighted by atomic mass is 10.1. The van der Waals surface area contributed by atoms with Crippen molar-refractivity contribution >= 4 is 39.1 Å². The lowest BCUT2D eigenvalue weighted by molar-refractivity contribution is -0.140. The topological polar surface area (TPSA) is 105 Å². The van der Waals surface area contributed by atoms with Gasteiger partial charge in [-0.1, -0.05) is 30.7 Å². The minimum atomic E-state index is -4.19. The molecule has 3 aromatic carbocycles. The molecule has 2 amide bonds. The molecule has 0 aliphatic rings. The third kappa shape index (κ3) is 7.21. The molecule has 0 aliphatic heterocycles. The number of nitrogens with zero attached hydrogens (tertiary/aromatic N) is 2. The summed E-state index contributed by atoms with van der Waals surface area (Å²) < 4.78 is 39.0. The van der Waals surface area contributed by atoms with Crippen LogP contribution in [0.25, 0.3) is 0 Å². The highest BCUT2D eigenvalue weighted by molar-refractivity contribution is 7.92. The van der Waals surface area contributed by atoms with Crippen LogP contribution < -0.4 is 19.1 Å². The first-order chi connectivity index (χ1) is 18.6. The Hall–Kier alpha value is -3.76. The number of amides is 2. The molecule has 0 heterocycles. The van der Waals surface area contributed by atoms with E-state index in [4.69, 9.17) is 21.1 Å². The van der Waals surface area contributed by atoms with E-state index in [0.29, 0.717) is 22.9 Å². The van der Waals surface area contributed by atoms with E-state index in [1.165, 1.54) is 55.5 Å². The number of anilines is 1. The number of methoxy groups -OCH3 is 2. The Balaban J connectivity index is 2.04. The van der Waals surface area contributed by atoms with Gasteiger partial charge in [0.15, 0.2) is 0 Å². The summed E-state index contributed by atoms with van der Waals surface area (Å²) in [5.41, 5.74) is 1.00. The number of carbonyl (C=O) groups is 2. The maximum atomic E-state index is 13.9. The number of nitrogens with one attached hydrogen (secondary N) is 1. The predicted molar refractivity (Wildman–Crippen MR) is 151 cm³/mol. The van der Waals surface area contributed by atoms with Crippen molar-refractivity contribution in [2.75, 3.05) is 32.1 Å². The summed E-state index contributed by atoms with van der Waals surface area (Å²) >= 11 is 6.05. The summed E-state index contributed by atoms with van der Waals surface area (Å²) in [5, 5.41) is 3.02. The number of hydrogen-bond acceptors (Lipinski definition) is 6. The Kier molecular flexibility index (Phi) is 10.2. The minimum absolute atomic E-state index is 0.0221. The van der Waals surface area contributed by atoms with Crippen molar-refractivity contribution in [1.82, 2.24) is 10.2 Å². The van der Waals surface area contributed by atoms with Gasteiger partial charge in [-0.25, -0.2) is 8.42 Å². The summed E-state index contributed by atoms with van der Waals surface area (Å²) in [6.45, 7) is 1.34. The van der Waals surface area contributed by atoms with Crippen molar-refractivity contribution in [3.63, 3.8) is 0 Å². The average molecular weight is 574 g/mol. The number of rotatable bonds is 12. The molecule has 11 heteroatoms. The first-order valence-electron chi connectivity index (χ1n) is 12.2. The fraction of sp³-hybridized carbons (Fsp3) is 0.286. The predicted octanol–water partition coefficient (Wildman–Crippen LogP) is 4.11. The van der Waals surface area contributed by atoms with Crippen molar-refractivity contribution in [1.29, 1.82) is 0 Å². The second kappa shape index (κ2) is 13.3. The highest BCUT2D eigenvalue weighted by Crippen LogP contribution is 2.27. The fourth-order valence-electron chi connectivity index (χ4n) is 4.02. The van der Waals surface area contributed by atoms with Crippen molar-refractivity contribution in [2.24, 2.45) is 0 Å². The lowest BCUT2D eigenvalue weighted by Crippen LogP contribution is -2.51. The van der Waals surface area contributed by atoms with Gasteiger partial charge < -0.3 is 19.7 Å². The SMILES string of the molecule is CCC(C(=O)NC)N(Cc1ccc(OC)cc1)C(=O)CN(c1ccc(Cl)cc1)S(=O)(=O)c1ccc(OC)cc1. The molecule has 0 radical (unpaired) electrons. The highest BCUT2D eigenvalue weighted by atomic mass is 35.5. The van der Waals surface area contributed by atoms with Gasteiger partial charge in [-0.3, -0.25) is 13.9 Å². The van der Waals surface area contributed by atoms with E-state index in [0.717, 1.165) is 9.87 Å². The Bertz CT molecular complexity index is 1360. The van der Waals surface area contributed by atoms with Crippen molar-refractivity contribution in [3.05, 3.63) is 83.4 Å². The van der Waals surface area contributed by atoms with Crippen LogP contribution in [-0.4, -0.2) is 59.0 Å². The van der Waals surface area contributed by atoms with Gasteiger partial charge in [0.25, 0.3) is 10.0 Å². The van der Waals surface area contributed by atoms with Crippen LogP contribution in [0.4, 0.5) is 5.69 Å². The van der Waals surface area contributed by atoms with E-state index in [9.17, 15) is 18.0 Å². The van der Waals surface area contributed by atoms with E-state index in [-0.39, 0.29) is 23.0 Å². The van der Waals surface area contributed by atoms with Gasteiger partial charge in [0, 0.05) is 18.6 Å². The van der Waals surface area contributed by atoms with Crippen LogP contribution >= 0.6 is 11.6 Å². The molecule has 0 spiro atoms. The van der Waals surface area contributed by atoms with Crippen LogP contribution in [0, 0.1) is 0 Å². The molecule has 0 saturated carbocycles. The second-order valence-electron chi connectivity index (χ2n) is 8.57. The van der Waals surface area contributed by atoms with Crippen LogP contribution in [0.5, 0.6) is 11.5 Å². The number of carbonyl (C=O) groups excluding carboxylic acids is 2. The molecule has 3 aromatic rings. The Morgan fingerprint density at radius 3 is 1.92 bits per heavy atom. The smallest absolute Gasteiger partial charge is 0.264 e. The molecule has 208 valence electrons. The van der Waals surface area contributed by atoms with Crippen LogP contribution in [0.15, 0.2) is 77.7 Å². The van der Waals surface area contributed by atoms with Gasteiger partial charge in [0.1, 0.15) is 24.1 Å². The van der Waals surface area contributed by atoms with E-state index < -0.39 is 28.5 Å². The molecule has 0 saturated heterocycles. The minimum Gasteiger partial charge on any atom is -0.497 e. The van der Waals surface area contributed by atoms with Gasteiger partial charge in [-0.15, -0.1) is 0 Å². The summed E-state index contributed by atoms with van der Waals surface area (Å²) in [5.74, 6) is 0.239. The van der Waals surface area contributed by atoms with Gasteiger partial charge in [0.2, 0.25) is 11.8 Å². The van der Waals surface area contributed by atoms with Crippen LogP contribution in [0.3, 0.4) is 0 Å². The molecule has 0 aliphatic carbocycles. The molecular weight excluding hydrogens is 542 g/mol. The Morgan fingerprint density at radius 2 is 1.44 bits per heavy atom. The number of benzene rings is 3. The molecule has 0 bridgehead atoms. The molecule has 0 fully saturated rings. The summed E-state index contributed by atoms with van der Waals surface area (Å²) in [4.78, 5) is 28.0. The Labute approximate surface area is 234 Å². The number of ether oxygens (including phenoxy) is 2. The monoisotopic (exact) mass is 573 g/mol. The van der Waals surface area contributed by atoms with E-state index in [2.05, 4.69) is 5.32 Å². The standard InChI is InChI=1S/C28H32ClN3O6S/c1-5-26(28(34)30-2)31(18-20-6-12-23(37-3)13-7-20)27(33)19-32(22-10-8-21(29)9-11-22)39(35,36)25-16-14-24(38-4)15-17-25/h6-17,26H,5,18-19H2,1-4H3,(H,30,34). The molecule has 39 heavy (non-hydrogen) atoms. The molecule has 0 aromatic heterocycles. The van der Waals surface area contributed by atoms with Gasteiger partial charge >= 0.3 is 0 Å². The van der Waals surface area contributed by atoms with E-state index >= 15 is 0 Å². The van der Waals surface area contributed by atoms with Gasteiger partial charge in [0.05, 0.1) is 24.8 Å². The maximum Gasteiger partial charge on any atom is 0.264 e.